The Kier molecular flexibility index (Phi) is 6.90. The summed E-state index contributed by atoms with van der Waals surface area (Å²) in [5.41, 5.74) is 2.29. The van der Waals surface area contributed by atoms with Crippen molar-refractivity contribution in [1.82, 2.24) is 19.9 Å². The smallest absolute Gasteiger partial charge is 0.227 e. The lowest BCUT2D eigenvalue weighted by atomic mass is 9.96. The lowest BCUT2D eigenvalue weighted by molar-refractivity contribution is -0.132. The number of pyridine rings is 1. The number of aliphatic hydroxyl groups excluding tert-OH is 1. The SMILES string of the molecule is CC(C)(C)c1ncc(CC(=O)N(Cc2ccccc2)CC(O)c2cccnc2)cn1. The van der Waals surface area contributed by atoms with Crippen LogP contribution in [0.2, 0.25) is 0 Å². The zero-order valence-corrected chi connectivity index (χ0v) is 17.7. The van der Waals surface area contributed by atoms with Gasteiger partial charge in [-0.2, -0.15) is 0 Å². The second kappa shape index (κ2) is 9.59. The molecule has 6 nitrogen and oxygen atoms in total. The molecule has 30 heavy (non-hydrogen) atoms. The Morgan fingerprint density at radius 3 is 2.30 bits per heavy atom. The summed E-state index contributed by atoms with van der Waals surface area (Å²) in [5.74, 6) is 0.653. The van der Waals surface area contributed by atoms with E-state index in [9.17, 15) is 9.90 Å². The molecule has 0 saturated heterocycles. The first-order chi connectivity index (χ1) is 14.3. The molecule has 0 saturated carbocycles. The molecular formula is C24H28N4O2. The fourth-order valence-corrected chi connectivity index (χ4v) is 3.07. The first-order valence-electron chi connectivity index (χ1n) is 10.0. The predicted octanol–water partition coefficient (Wildman–Crippen LogP) is 3.47. The van der Waals surface area contributed by atoms with Gasteiger partial charge in [0.1, 0.15) is 5.82 Å². The minimum Gasteiger partial charge on any atom is -0.386 e. The number of amides is 1. The topological polar surface area (TPSA) is 79.2 Å². The molecule has 0 spiro atoms. The van der Waals surface area contributed by atoms with E-state index in [1.54, 1.807) is 35.8 Å². The predicted molar refractivity (Wildman–Crippen MR) is 115 cm³/mol. The maximum absolute atomic E-state index is 13.1. The Balaban J connectivity index is 1.75. The second-order valence-electron chi connectivity index (χ2n) is 8.40. The second-order valence-corrected chi connectivity index (χ2v) is 8.40. The number of carbonyl (C=O) groups excluding carboxylic acids is 1. The Bertz CT molecular complexity index is 938. The number of aromatic nitrogens is 3. The quantitative estimate of drug-likeness (QED) is 0.652. The van der Waals surface area contributed by atoms with E-state index in [0.29, 0.717) is 12.1 Å². The zero-order chi connectivity index (χ0) is 21.6. The highest BCUT2D eigenvalue weighted by molar-refractivity contribution is 5.78. The summed E-state index contributed by atoms with van der Waals surface area (Å²) in [6.07, 6.45) is 6.06. The van der Waals surface area contributed by atoms with Crippen LogP contribution in [0, 0.1) is 0 Å². The lowest BCUT2D eigenvalue weighted by Crippen LogP contribution is -2.35. The summed E-state index contributed by atoms with van der Waals surface area (Å²) in [6, 6.07) is 13.3. The largest absolute Gasteiger partial charge is 0.386 e. The van der Waals surface area contributed by atoms with Gasteiger partial charge in [0.2, 0.25) is 5.91 Å². The molecule has 0 aliphatic carbocycles. The van der Waals surface area contributed by atoms with Gasteiger partial charge >= 0.3 is 0 Å². The van der Waals surface area contributed by atoms with Crippen molar-refractivity contribution in [3.05, 3.63) is 89.8 Å². The molecule has 0 fully saturated rings. The van der Waals surface area contributed by atoms with Crippen LogP contribution in [0.3, 0.4) is 0 Å². The summed E-state index contributed by atoms with van der Waals surface area (Å²) < 4.78 is 0. The molecule has 2 heterocycles. The molecule has 1 atom stereocenters. The van der Waals surface area contributed by atoms with Crippen LogP contribution in [0.15, 0.2) is 67.3 Å². The summed E-state index contributed by atoms with van der Waals surface area (Å²) in [4.78, 5) is 27.7. The normalized spacial score (nSPS) is 12.4. The van der Waals surface area contributed by atoms with Crippen molar-refractivity contribution in [1.29, 1.82) is 0 Å². The highest BCUT2D eigenvalue weighted by atomic mass is 16.3. The molecule has 0 aliphatic rings. The molecule has 1 N–H and O–H groups in total. The zero-order valence-electron chi connectivity index (χ0n) is 17.7. The molecule has 2 aromatic heterocycles. The number of hydrogen-bond acceptors (Lipinski definition) is 5. The van der Waals surface area contributed by atoms with E-state index in [1.165, 1.54) is 0 Å². The maximum atomic E-state index is 13.1. The molecule has 0 bridgehead atoms. The van der Waals surface area contributed by atoms with Gasteiger partial charge in [-0.1, -0.05) is 57.2 Å². The van der Waals surface area contributed by atoms with Crippen LogP contribution in [0.5, 0.6) is 0 Å². The van der Waals surface area contributed by atoms with Crippen LogP contribution < -0.4 is 0 Å². The number of aliphatic hydroxyl groups is 1. The van der Waals surface area contributed by atoms with Gasteiger partial charge < -0.3 is 10.0 Å². The van der Waals surface area contributed by atoms with Crippen LogP contribution >= 0.6 is 0 Å². The number of benzene rings is 1. The highest BCUT2D eigenvalue weighted by Gasteiger charge is 2.21. The molecule has 1 amide bonds. The third-order valence-corrected chi connectivity index (χ3v) is 4.76. The van der Waals surface area contributed by atoms with E-state index in [0.717, 1.165) is 17.0 Å². The van der Waals surface area contributed by atoms with Gasteiger partial charge in [-0.25, -0.2) is 9.97 Å². The minimum atomic E-state index is -0.814. The first kappa shape index (κ1) is 21.6. The Morgan fingerprint density at radius 2 is 1.70 bits per heavy atom. The Hall–Kier alpha value is -3.12. The van der Waals surface area contributed by atoms with Crippen molar-refractivity contribution < 1.29 is 9.90 Å². The molecule has 6 heteroatoms. The van der Waals surface area contributed by atoms with Gasteiger partial charge in [0.15, 0.2) is 0 Å². The van der Waals surface area contributed by atoms with E-state index >= 15 is 0 Å². The molecule has 1 unspecified atom stereocenters. The average molecular weight is 405 g/mol. The minimum absolute atomic E-state index is 0.0890. The van der Waals surface area contributed by atoms with Gasteiger partial charge in [0.25, 0.3) is 0 Å². The van der Waals surface area contributed by atoms with Crippen LogP contribution in [-0.2, 0) is 23.2 Å². The number of carbonyl (C=O) groups is 1. The molecular weight excluding hydrogens is 376 g/mol. The Morgan fingerprint density at radius 1 is 1.00 bits per heavy atom. The highest BCUT2D eigenvalue weighted by Crippen LogP contribution is 2.19. The van der Waals surface area contributed by atoms with Gasteiger partial charge in [-0.05, 0) is 17.2 Å². The van der Waals surface area contributed by atoms with Gasteiger partial charge in [0, 0.05) is 42.3 Å². The number of rotatable bonds is 7. The third kappa shape index (κ3) is 5.94. The summed E-state index contributed by atoms with van der Waals surface area (Å²) in [6.45, 7) is 6.75. The average Bonchev–Trinajstić information content (AvgIpc) is 2.74. The fraction of sp³-hybridized carbons (Fsp3) is 0.333. The standard InChI is InChI=1S/C24H28N4O2/c1-24(2,3)23-26-13-19(14-27-23)12-22(30)28(16-18-8-5-4-6-9-18)17-21(29)20-10-7-11-25-15-20/h4-11,13-15,21,29H,12,16-17H2,1-3H3. The molecule has 3 rings (SSSR count). The summed E-state index contributed by atoms with van der Waals surface area (Å²) >= 11 is 0. The molecule has 0 aliphatic heterocycles. The van der Waals surface area contributed by atoms with E-state index in [1.807, 2.05) is 36.4 Å². The van der Waals surface area contributed by atoms with E-state index in [-0.39, 0.29) is 24.3 Å². The Labute approximate surface area is 177 Å². The van der Waals surface area contributed by atoms with Crippen LogP contribution in [0.4, 0.5) is 0 Å². The molecule has 1 aromatic carbocycles. The molecule has 156 valence electrons. The van der Waals surface area contributed by atoms with Crippen LogP contribution in [0.1, 0.15) is 49.4 Å². The van der Waals surface area contributed by atoms with Crippen LogP contribution in [-0.4, -0.2) is 37.4 Å². The van der Waals surface area contributed by atoms with Gasteiger partial charge in [0.05, 0.1) is 19.1 Å². The van der Waals surface area contributed by atoms with Crippen molar-refractivity contribution in [3.63, 3.8) is 0 Å². The van der Waals surface area contributed by atoms with Crippen molar-refractivity contribution in [2.24, 2.45) is 0 Å². The van der Waals surface area contributed by atoms with Gasteiger partial charge in [-0.3, -0.25) is 9.78 Å². The molecule has 0 radical (unpaired) electrons. The van der Waals surface area contributed by atoms with Crippen molar-refractivity contribution >= 4 is 5.91 Å². The molecule has 3 aromatic rings. The fourth-order valence-electron chi connectivity index (χ4n) is 3.07. The van der Waals surface area contributed by atoms with Crippen molar-refractivity contribution in [3.8, 4) is 0 Å². The van der Waals surface area contributed by atoms with Gasteiger partial charge in [-0.15, -0.1) is 0 Å². The van der Waals surface area contributed by atoms with E-state index in [4.69, 9.17) is 0 Å². The van der Waals surface area contributed by atoms with E-state index < -0.39 is 6.10 Å². The summed E-state index contributed by atoms with van der Waals surface area (Å²) in [7, 11) is 0. The van der Waals surface area contributed by atoms with Crippen LogP contribution in [0.25, 0.3) is 0 Å². The van der Waals surface area contributed by atoms with E-state index in [2.05, 4.69) is 35.7 Å². The van der Waals surface area contributed by atoms with Crippen molar-refractivity contribution in [2.75, 3.05) is 6.54 Å². The van der Waals surface area contributed by atoms with Crippen molar-refractivity contribution in [2.45, 2.75) is 45.3 Å². The summed E-state index contributed by atoms with van der Waals surface area (Å²) in [5, 5.41) is 10.7. The number of hydrogen-bond donors (Lipinski definition) is 1. The monoisotopic (exact) mass is 404 g/mol. The first-order valence-corrected chi connectivity index (χ1v) is 10.0. The third-order valence-electron chi connectivity index (χ3n) is 4.76. The number of nitrogens with zero attached hydrogens (tertiary/aromatic N) is 4. The maximum Gasteiger partial charge on any atom is 0.227 e. The lowest BCUT2D eigenvalue weighted by Gasteiger charge is -2.26.